The summed E-state index contributed by atoms with van der Waals surface area (Å²) in [5, 5.41) is 10.6. The lowest BCUT2D eigenvalue weighted by Gasteiger charge is -2.21. The molecule has 3 aromatic rings. The van der Waals surface area contributed by atoms with Gasteiger partial charge >= 0.3 is 0 Å². The van der Waals surface area contributed by atoms with Crippen LogP contribution in [0.4, 0.5) is 0 Å². The van der Waals surface area contributed by atoms with Crippen LogP contribution in [0.1, 0.15) is 16.3 Å². The van der Waals surface area contributed by atoms with Gasteiger partial charge in [0.1, 0.15) is 5.76 Å². The number of fused-ring (bicyclic) bond motifs is 1. The molecule has 0 radical (unpaired) electrons. The zero-order valence-electron chi connectivity index (χ0n) is 14.5. The molecule has 1 saturated heterocycles. The quantitative estimate of drug-likeness (QED) is 0.781. The van der Waals surface area contributed by atoms with Crippen molar-refractivity contribution in [2.75, 3.05) is 32.9 Å². The highest BCUT2D eigenvalue weighted by molar-refractivity contribution is 5.91. The molecule has 3 heterocycles. The van der Waals surface area contributed by atoms with E-state index in [0.717, 1.165) is 11.3 Å². The van der Waals surface area contributed by atoms with Gasteiger partial charge < -0.3 is 23.7 Å². The van der Waals surface area contributed by atoms with E-state index in [2.05, 4.69) is 22.8 Å². The number of benzene rings is 1. The van der Waals surface area contributed by atoms with Gasteiger partial charge in [0.2, 0.25) is 0 Å². The molecule has 1 aliphatic rings. The van der Waals surface area contributed by atoms with E-state index in [0.29, 0.717) is 38.6 Å². The molecule has 2 aromatic heterocycles. The smallest absolute Gasteiger partial charge is 0.289 e. The minimum absolute atomic E-state index is 0.00783. The van der Waals surface area contributed by atoms with Gasteiger partial charge in [-0.15, -0.1) is 0 Å². The van der Waals surface area contributed by atoms with E-state index in [4.69, 9.17) is 9.15 Å². The summed E-state index contributed by atoms with van der Waals surface area (Å²) in [6.07, 6.45) is 2.02. The predicted octanol–water partition coefficient (Wildman–Crippen LogP) is 2.36. The highest BCUT2D eigenvalue weighted by atomic mass is 16.5. The number of amides is 1. The maximum absolute atomic E-state index is 12.7. The van der Waals surface area contributed by atoms with Crippen LogP contribution < -0.4 is 0 Å². The number of para-hydroxylation sites is 1. The van der Waals surface area contributed by atoms with Gasteiger partial charge in [-0.2, -0.15) is 0 Å². The van der Waals surface area contributed by atoms with E-state index < -0.39 is 0 Å². The van der Waals surface area contributed by atoms with Crippen LogP contribution >= 0.6 is 0 Å². The zero-order chi connectivity index (χ0) is 17.9. The van der Waals surface area contributed by atoms with E-state index >= 15 is 0 Å². The molecule has 1 N–H and O–H groups in total. The van der Waals surface area contributed by atoms with E-state index in [-0.39, 0.29) is 18.4 Å². The summed E-state index contributed by atoms with van der Waals surface area (Å²) < 4.78 is 13.4. The molecule has 6 nitrogen and oxygen atoms in total. The highest BCUT2D eigenvalue weighted by Gasteiger charge is 2.25. The van der Waals surface area contributed by atoms with Crippen LogP contribution in [0, 0.1) is 5.92 Å². The Hall–Kier alpha value is -2.57. The van der Waals surface area contributed by atoms with Crippen molar-refractivity contribution in [2.24, 2.45) is 5.92 Å². The third kappa shape index (κ3) is 3.38. The Kier molecular flexibility index (Phi) is 4.77. The van der Waals surface area contributed by atoms with E-state index in [9.17, 15) is 9.90 Å². The summed E-state index contributed by atoms with van der Waals surface area (Å²) in [4.78, 5) is 14.4. The number of nitrogens with zero attached hydrogens (tertiary/aromatic N) is 2. The fraction of sp³-hybridized carbons (Fsp3) is 0.350. The van der Waals surface area contributed by atoms with Gasteiger partial charge in [0, 0.05) is 37.3 Å². The SMILES string of the molecule is O=C(c1ccc(Cn2ccc3ccccc32)o1)N1CCOC[C@H](CO)C1. The number of aliphatic hydroxyl groups excluding tert-OH is 1. The molecule has 0 spiro atoms. The fourth-order valence-electron chi connectivity index (χ4n) is 3.36. The summed E-state index contributed by atoms with van der Waals surface area (Å²) in [7, 11) is 0. The second-order valence-corrected chi connectivity index (χ2v) is 6.64. The molecule has 6 heteroatoms. The first-order valence-electron chi connectivity index (χ1n) is 8.85. The first kappa shape index (κ1) is 16.9. The number of ether oxygens (including phenoxy) is 1. The van der Waals surface area contributed by atoms with Crippen molar-refractivity contribution in [1.29, 1.82) is 0 Å². The van der Waals surface area contributed by atoms with E-state index in [1.165, 1.54) is 5.39 Å². The Morgan fingerprint density at radius 2 is 2.08 bits per heavy atom. The molecular weight excluding hydrogens is 332 g/mol. The van der Waals surface area contributed by atoms with Gasteiger partial charge in [0.15, 0.2) is 5.76 Å². The molecule has 0 unspecified atom stereocenters. The number of carbonyl (C=O) groups excluding carboxylic acids is 1. The second-order valence-electron chi connectivity index (χ2n) is 6.64. The van der Waals surface area contributed by atoms with Crippen molar-refractivity contribution < 1.29 is 19.1 Å². The monoisotopic (exact) mass is 354 g/mol. The minimum atomic E-state index is -0.155. The molecule has 0 aliphatic carbocycles. The molecule has 1 aliphatic heterocycles. The Labute approximate surface area is 151 Å². The molecular formula is C20H22N2O4. The van der Waals surface area contributed by atoms with Crippen LogP contribution in [-0.4, -0.2) is 53.4 Å². The number of rotatable bonds is 4. The highest BCUT2D eigenvalue weighted by Crippen LogP contribution is 2.19. The normalized spacial score (nSPS) is 18.2. The summed E-state index contributed by atoms with van der Waals surface area (Å²) in [6, 6.07) is 13.8. The Morgan fingerprint density at radius 3 is 2.96 bits per heavy atom. The van der Waals surface area contributed by atoms with Crippen molar-refractivity contribution in [1.82, 2.24) is 9.47 Å². The number of hydrogen-bond donors (Lipinski definition) is 1. The van der Waals surface area contributed by atoms with Gasteiger partial charge in [-0.25, -0.2) is 0 Å². The van der Waals surface area contributed by atoms with E-state index in [1.807, 2.05) is 24.4 Å². The van der Waals surface area contributed by atoms with Crippen molar-refractivity contribution in [2.45, 2.75) is 6.54 Å². The average molecular weight is 354 g/mol. The Bertz CT molecular complexity index is 898. The first-order valence-corrected chi connectivity index (χ1v) is 8.85. The van der Waals surface area contributed by atoms with Gasteiger partial charge in [0.25, 0.3) is 5.91 Å². The largest absolute Gasteiger partial charge is 0.454 e. The van der Waals surface area contributed by atoms with Crippen molar-refractivity contribution in [3.05, 3.63) is 60.2 Å². The molecule has 4 rings (SSSR count). The lowest BCUT2D eigenvalue weighted by Crippen LogP contribution is -2.36. The number of aromatic nitrogens is 1. The standard InChI is InChI=1S/C20H22N2O4/c23-13-15-11-22(9-10-25-14-15)20(24)19-6-5-17(26-19)12-21-8-7-16-3-1-2-4-18(16)21/h1-8,15,23H,9-14H2/t15-/m0/s1. The molecule has 26 heavy (non-hydrogen) atoms. The van der Waals surface area contributed by atoms with Crippen LogP contribution in [0.25, 0.3) is 10.9 Å². The Morgan fingerprint density at radius 1 is 1.19 bits per heavy atom. The topological polar surface area (TPSA) is 67.8 Å². The fourth-order valence-corrected chi connectivity index (χ4v) is 3.36. The Balaban J connectivity index is 1.49. The first-order chi connectivity index (χ1) is 12.7. The number of carbonyl (C=O) groups is 1. The maximum Gasteiger partial charge on any atom is 0.289 e. The number of aliphatic hydroxyl groups is 1. The van der Waals surface area contributed by atoms with Crippen LogP contribution in [0.2, 0.25) is 0 Å². The lowest BCUT2D eigenvalue weighted by atomic mass is 10.1. The third-order valence-corrected chi connectivity index (χ3v) is 4.76. The zero-order valence-corrected chi connectivity index (χ0v) is 14.5. The molecule has 1 amide bonds. The summed E-state index contributed by atoms with van der Waals surface area (Å²) in [6.45, 7) is 2.52. The number of furan rings is 1. The molecule has 1 fully saturated rings. The second kappa shape index (κ2) is 7.35. The molecule has 0 saturated carbocycles. The van der Waals surface area contributed by atoms with Crippen LogP contribution in [-0.2, 0) is 11.3 Å². The van der Waals surface area contributed by atoms with Crippen LogP contribution in [0.5, 0.6) is 0 Å². The third-order valence-electron chi connectivity index (χ3n) is 4.76. The predicted molar refractivity (Wildman–Crippen MR) is 97.0 cm³/mol. The van der Waals surface area contributed by atoms with Gasteiger partial charge in [-0.1, -0.05) is 18.2 Å². The molecule has 1 atom stereocenters. The summed E-state index contributed by atoms with van der Waals surface area (Å²) in [5.74, 6) is 0.856. The van der Waals surface area contributed by atoms with Gasteiger partial charge in [-0.05, 0) is 29.7 Å². The van der Waals surface area contributed by atoms with Gasteiger partial charge in [0.05, 0.1) is 19.8 Å². The maximum atomic E-state index is 12.7. The van der Waals surface area contributed by atoms with Crippen LogP contribution in [0.15, 0.2) is 53.1 Å². The van der Waals surface area contributed by atoms with Crippen molar-refractivity contribution in [3.8, 4) is 0 Å². The average Bonchev–Trinajstić information content (AvgIpc) is 3.22. The van der Waals surface area contributed by atoms with Gasteiger partial charge in [-0.3, -0.25) is 4.79 Å². The summed E-state index contributed by atoms with van der Waals surface area (Å²) >= 11 is 0. The molecule has 0 bridgehead atoms. The summed E-state index contributed by atoms with van der Waals surface area (Å²) in [5.41, 5.74) is 1.13. The van der Waals surface area contributed by atoms with Crippen molar-refractivity contribution >= 4 is 16.8 Å². The van der Waals surface area contributed by atoms with Crippen molar-refractivity contribution in [3.63, 3.8) is 0 Å². The van der Waals surface area contributed by atoms with Crippen LogP contribution in [0.3, 0.4) is 0 Å². The molecule has 1 aromatic carbocycles. The van der Waals surface area contributed by atoms with E-state index in [1.54, 1.807) is 11.0 Å². The molecule has 136 valence electrons. The minimum Gasteiger partial charge on any atom is -0.454 e. The number of hydrogen-bond acceptors (Lipinski definition) is 4. The lowest BCUT2D eigenvalue weighted by molar-refractivity contribution is 0.0694.